The topological polar surface area (TPSA) is 61.7 Å². The molecule has 0 unspecified atom stereocenters. The quantitative estimate of drug-likeness (QED) is 0.850. The molecule has 106 valence electrons. The number of aryl methyl sites for hydroxylation is 2. The molecule has 0 radical (unpaired) electrons. The first-order valence-electron chi connectivity index (χ1n) is 7.15. The molecular weight excluding hydrogens is 250 g/mol. The van der Waals surface area contributed by atoms with Crippen LogP contribution < -0.4 is 5.73 Å². The Bertz CT molecular complexity index is 646. The van der Waals surface area contributed by atoms with Crippen LogP contribution in [0.5, 0.6) is 0 Å². The fourth-order valence-corrected chi connectivity index (χ4v) is 2.65. The number of hydrogen-bond donors (Lipinski definition) is 1. The Morgan fingerprint density at radius 2 is 2.25 bits per heavy atom. The van der Waals surface area contributed by atoms with Crippen molar-refractivity contribution < 1.29 is 0 Å². The van der Waals surface area contributed by atoms with Gasteiger partial charge in [-0.25, -0.2) is 4.98 Å². The molecule has 0 aliphatic heterocycles. The van der Waals surface area contributed by atoms with Gasteiger partial charge in [-0.1, -0.05) is 13.0 Å². The van der Waals surface area contributed by atoms with Gasteiger partial charge in [0.15, 0.2) is 0 Å². The van der Waals surface area contributed by atoms with E-state index < -0.39 is 0 Å². The van der Waals surface area contributed by atoms with Crippen LogP contribution in [0.15, 0.2) is 18.9 Å². The van der Waals surface area contributed by atoms with E-state index in [0.717, 1.165) is 35.0 Å². The molecule has 0 spiro atoms. The third kappa shape index (κ3) is 2.03. The molecule has 3 rings (SSSR count). The first-order chi connectivity index (χ1) is 9.65. The van der Waals surface area contributed by atoms with Crippen molar-refractivity contribution in [2.45, 2.75) is 38.6 Å². The fourth-order valence-electron chi connectivity index (χ4n) is 2.65. The molecular formula is C15H21N5. The molecule has 0 bridgehead atoms. The van der Waals surface area contributed by atoms with E-state index in [4.69, 9.17) is 10.7 Å². The van der Waals surface area contributed by atoms with Gasteiger partial charge >= 0.3 is 0 Å². The highest BCUT2D eigenvalue weighted by Crippen LogP contribution is 2.42. The van der Waals surface area contributed by atoms with Gasteiger partial charge in [0, 0.05) is 31.3 Å². The maximum atomic E-state index is 6.34. The Balaban J connectivity index is 2.13. The molecule has 1 fully saturated rings. The van der Waals surface area contributed by atoms with Crippen molar-refractivity contribution in [2.75, 3.05) is 5.73 Å². The molecule has 0 aromatic carbocycles. The predicted molar refractivity (Wildman–Crippen MR) is 80.4 cm³/mol. The van der Waals surface area contributed by atoms with Crippen LogP contribution in [0, 0.1) is 0 Å². The second-order valence-electron chi connectivity index (χ2n) is 5.39. The van der Waals surface area contributed by atoms with E-state index >= 15 is 0 Å². The van der Waals surface area contributed by atoms with Crippen molar-refractivity contribution in [2.24, 2.45) is 7.05 Å². The highest BCUT2D eigenvalue weighted by atomic mass is 15.3. The first-order valence-corrected chi connectivity index (χ1v) is 7.15. The van der Waals surface area contributed by atoms with E-state index in [1.54, 1.807) is 0 Å². The summed E-state index contributed by atoms with van der Waals surface area (Å²) in [5.41, 5.74) is 9.31. The predicted octanol–water partition coefficient (Wildman–Crippen LogP) is 2.49. The van der Waals surface area contributed by atoms with Crippen LogP contribution in [-0.2, 0) is 20.0 Å². The van der Waals surface area contributed by atoms with Crippen molar-refractivity contribution >= 4 is 5.82 Å². The highest BCUT2D eigenvalue weighted by Gasteiger charge is 2.31. The van der Waals surface area contributed by atoms with Crippen LogP contribution in [0.25, 0.3) is 11.3 Å². The maximum Gasteiger partial charge on any atom is 0.132 e. The fraction of sp³-hybridized carbons (Fsp3) is 0.467. The Morgan fingerprint density at radius 1 is 1.50 bits per heavy atom. The third-order valence-electron chi connectivity index (χ3n) is 3.79. The van der Waals surface area contributed by atoms with Crippen molar-refractivity contribution in [3.63, 3.8) is 0 Å². The van der Waals surface area contributed by atoms with Gasteiger partial charge in [-0.15, -0.1) is 6.58 Å². The number of allylic oxidation sites excluding steroid dienone is 1. The van der Waals surface area contributed by atoms with Crippen LogP contribution >= 0.6 is 0 Å². The Hall–Kier alpha value is -2.04. The average molecular weight is 271 g/mol. The zero-order valence-corrected chi connectivity index (χ0v) is 12.1. The van der Waals surface area contributed by atoms with Crippen LogP contribution in [0.1, 0.15) is 37.2 Å². The lowest BCUT2D eigenvalue weighted by Gasteiger charge is -2.05. The summed E-state index contributed by atoms with van der Waals surface area (Å²) in [5, 5.41) is 4.48. The van der Waals surface area contributed by atoms with Crippen LogP contribution in [0.2, 0.25) is 0 Å². The van der Waals surface area contributed by atoms with Gasteiger partial charge in [-0.3, -0.25) is 4.68 Å². The zero-order chi connectivity index (χ0) is 14.3. The summed E-state index contributed by atoms with van der Waals surface area (Å²) in [7, 11) is 1.93. The Kier molecular flexibility index (Phi) is 3.12. The van der Waals surface area contributed by atoms with E-state index in [0.29, 0.717) is 12.5 Å². The largest absolute Gasteiger partial charge is 0.383 e. The maximum absolute atomic E-state index is 6.34. The molecule has 2 aromatic rings. The van der Waals surface area contributed by atoms with Crippen molar-refractivity contribution in [1.29, 1.82) is 0 Å². The molecule has 2 heterocycles. The van der Waals surface area contributed by atoms with Crippen LogP contribution in [0.3, 0.4) is 0 Å². The van der Waals surface area contributed by atoms with E-state index in [-0.39, 0.29) is 0 Å². The monoisotopic (exact) mass is 271 g/mol. The van der Waals surface area contributed by atoms with E-state index in [9.17, 15) is 0 Å². The molecule has 0 saturated heterocycles. The molecule has 1 aliphatic carbocycles. The van der Waals surface area contributed by atoms with Crippen molar-refractivity contribution in [3.05, 3.63) is 30.4 Å². The minimum atomic E-state index is 0.563. The minimum Gasteiger partial charge on any atom is -0.383 e. The van der Waals surface area contributed by atoms with Gasteiger partial charge in [0.1, 0.15) is 17.3 Å². The molecule has 2 aromatic heterocycles. The smallest absolute Gasteiger partial charge is 0.132 e. The van der Waals surface area contributed by atoms with Gasteiger partial charge in [-0.05, 0) is 19.3 Å². The van der Waals surface area contributed by atoms with Gasteiger partial charge in [0.2, 0.25) is 0 Å². The summed E-state index contributed by atoms with van der Waals surface area (Å²) >= 11 is 0. The van der Waals surface area contributed by atoms with E-state index in [2.05, 4.69) is 23.2 Å². The molecule has 20 heavy (non-hydrogen) atoms. The summed E-state index contributed by atoms with van der Waals surface area (Å²) in [6.07, 6.45) is 7.17. The summed E-state index contributed by atoms with van der Waals surface area (Å²) < 4.78 is 3.92. The second kappa shape index (κ2) is 4.81. The first kappa shape index (κ1) is 13.0. The molecule has 2 N–H and O–H groups in total. The van der Waals surface area contributed by atoms with Gasteiger partial charge in [-0.2, -0.15) is 5.10 Å². The molecule has 5 nitrogen and oxygen atoms in total. The molecule has 0 atom stereocenters. The average Bonchev–Trinajstić information content (AvgIpc) is 3.13. The number of hydrogen-bond acceptors (Lipinski definition) is 3. The third-order valence-corrected chi connectivity index (χ3v) is 3.79. The Morgan fingerprint density at radius 3 is 2.85 bits per heavy atom. The number of nitrogen functional groups attached to an aromatic ring is 1. The summed E-state index contributed by atoms with van der Waals surface area (Å²) in [5.74, 6) is 2.39. The summed E-state index contributed by atoms with van der Waals surface area (Å²) in [4.78, 5) is 4.82. The van der Waals surface area contributed by atoms with Gasteiger partial charge < -0.3 is 10.3 Å². The van der Waals surface area contributed by atoms with Crippen molar-refractivity contribution in [3.8, 4) is 11.3 Å². The number of anilines is 1. The number of imidazole rings is 1. The molecule has 5 heteroatoms. The number of nitrogens with two attached hydrogens (primary N) is 1. The summed E-state index contributed by atoms with van der Waals surface area (Å²) in [6.45, 7) is 6.63. The van der Waals surface area contributed by atoms with Crippen LogP contribution in [0.4, 0.5) is 5.82 Å². The SMILES string of the molecule is C=CCn1c(C2CC2)nc(-c2cn(C)nc2CC)c1N. The molecule has 1 saturated carbocycles. The number of nitrogens with zero attached hydrogens (tertiary/aromatic N) is 4. The lowest BCUT2D eigenvalue weighted by molar-refractivity contribution is 0.746. The molecule has 0 amide bonds. The standard InChI is InChI=1S/C15H21N5/c1-4-8-20-14(16)13(17-15(20)10-6-7-10)11-9-19(3)18-12(11)5-2/h4,9-10H,1,5-8,16H2,2-3H3. The summed E-state index contributed by atoms with van der Waals surface area (Å²) in [6, 6.07) is 0. The number of rotatable bonds is 5. The normalized spacial score (nSPS) is 14.7. The lowest BCUT2D eigenvalue weighted by Crippen LogP contribution is -2.05. The Labute approximate surface area is 119 Å². The highest BCUT2D eigenvalue weighted by molar-refractivity contribution is 5.72. The zero-order valence-electron chi connectivity index (χ0n) is 12.1. The van der Waals surface area contributed by atoms with Gasteiger partial charge in [0.05, 0.1) is 5.69 Å². The second-order valence-corrected chi connectivity index (χ2v) is 5.39. The minimum absolute atomic E-state index is 0.563. The lowest BCUT2D eigenvalue weighted by atomic mass is 10.1. The van der Waals surface area contributed by atoms with E-state index in [1.807, 2.05) is 24.0 Å². The van der Waals surface area contributed by atoms with Crippen LogP contribution in [-0.4, -0.2) is 19.3 Å². The van der Waals surface area contributed by atoms with Crippen molar-refractivity contribution in [1.82, 2.24) is 19.3 Å². The van der Waals surface area contributed by atoms with E-state index in [1.165, 1.54) is 12.8 Å². The number of aromatic nitrogens is 4. The van der Waals surface area contributed by atoms with Gasteiger partial charge in [0.25, 0.3) is 0 Å². The molecule has 1 aliphatic rings.